The van der Waals surface area contributed by atoms with Crippen molar-refractivity contribution in [3.63, 3.8) is 0 Å². The van der Waals surface area contributed by atoms with Gasteiger partial charge in [-0.15, -0.1) is 5.10 Å². The average Bonchev–Trinajstić information content (AvgIpc) is 3.82. The van der Waals surface area contributed by atoms with E-state index in [2.05, 4.69) is 43.2 Å². The number of nitrogens with zero attached hydrogens (tertiary/aromatic N) is 6. The highest BCUT2D eigenvalue weighted by Crippen LogP contribution is 2.46. The van der Waals surface area contributed by atoms with Gasteiger partial charge >= 0.3 is 5.97 Å². The van der Waals surface area contributed by atoms with Crippen LogP contribution in [0.4, 0.5) is 11.5 Å². The van der Waals surface area contributed by atoms with Gasteiger partial charge in [-0.3, -0.25) is 4.79 Å². The van der Waals surface area contributed by atoms with Gasteiger partial charge in [-0.05, 0) is 74.1 Å². The fourth-order valence-electron chi connectivity index (χ4n) is 6.75. The van der Waals surface area contributed by atoms with Gasteiger partial charge in [0.1, 0.15) is 5.82 Å². The number of amides is 1. The summed E-state index contributed by atoms with van der Waals surface area (Å²) in [7, 11) is 0. The van der Waals surface area contributed by atoms with Gasteiger partial charge in [-0.1, -0.05) is 49.4 Å². The van der Waals surface area contributed by atoms with Gasteiger partial charge in [0.15, 0.2) is 11.3 Å². The van der Waals surface area contributed by atoms with Crippen LogP contribution < -0.4 is 15.1 Å². The maximum Gasteiger partial charge on any atom is 0.354 e. The lowest BCUT2D eigenvalue weighted by Crippen LogP contribution is -2.35. The summed E-state index contributed by atoms with van der Waals surface area (Å²) in [6.07, 6.45) is 6.98. The van der Waals surface area contributed by atoms with Crippen LogP contribution in [0.15, 0.2) is 66.9 Å². The average molecular weight is 582 g/mol. The number of hydrogen-bond donors (Lipinski definition) is 2. The number of rotatable bonds is 5. The van der Waals surface area contributed by atoms with Crippen LogP contribution in [0.3, 0.4) is 0 Å². The van der Waals surface area contributed by atoms with Crippen LogP contribution in [0.25, 0.3) is 5.65 Å². The molecule has 3 atom stereocenters. The summed E-state index contributed by atoms with van der Waals surface area (Å²) in [5, 5.41) is 17.0. The molecule has 1 amide bonds. The zero-order valence-electron chi connectivity index (χ0n) is 24.8. The number of carbonyl (C=O) groups excluding carboxylic acids is 1. The molecule has 0 bridgehead atoms. The van der Waals surface area contributed by atoms with Gasteiger partial charge in [-0.25, -0.2) is 19.3 Å². The molecule has 1 spiro atoms. The first-order chi connectivity index (χ1) is 20.8. The normalized spacial score (nSPS) is 23.0. The highest BCUT2D eigenvalue weighted by atomic mass is 16.4. The van der Waals surface area contributed by atoms with Gasteiger partial charge in [0.25, 0.3) is 5.91 Å². The maximum absolute atomic E-state index is 13.1. The first-order valence-electron chi connectivity index (χ1n) is 15.2. The number of nitrogens with one attached hydrogen (secondary N) is 1. The molecule has 2 N–H and O–H groups in total. The van der Waals surface area contributed by atoms with Crippen LogP contribution in [0.5, 0.6) is 0 Å². The van der Waals surface area contributed by atoms with E-state index in [0.29, 0.717) is 17.4 Å². The molecule has 7 rings (SSSR count). The van der Waals surface area contributed by atoms with Crippen molar-refractivity contribution in [3.05, 3.63) is 83.9 Å². The Labute approximate surface area is 251 Å². The third-order valence-electron chi connectivity index (χ3n) is 9.02. The first kappa shape index (κ1) is 28.6. The van der Waals surface area contributed by atoms with E-state index >= 15 is 0 Å². The zero-order chi connectivity index (χ0) is 30.0. The molecule has 1 saturated carbocycles. The Morgan fingerprint density at radius 3 is 2.44 bits per heavy atom. The lowest BCUT2D eigenvalue weighted by Gasteiger charge is -2.25. The number of benzene rings is 1. The second-order valence-electron chi connectivity index (χ2n) is 12.4. The van der Waals surface area contributed by atoms with Crippen LogP contribution in [0, 0.1) is 18.3 Å². The van der Waals surface area contributed by atoms with Gasteiger partial charge in [0, 0.05) is 32.2 Å². The van der Waals surface area contributed by atoms with E-state index in [-0.39, 0.29) is 28.9 Å². The minimum Gasteiger partial charge on any atom is -0.477 e. The highest BCUT2D eigenvalue weighted by Gasteiger charge is 2.45. The molecule has 2 saturated heterocycles. The highest BCUT2D eigenvalue weighted by molar-refractivity contribution is 5.91. The Balaban J connectivity index is 0.000000491. The quantitative estimate of drug-likeness (QED) is 0.344. The van der Waals surface area contributed by atoms with Crippen molar-refractivity contribution in [2.45, 2.75) is 52.0 Å². The minimum absolute atomic E-state index is 0.0623. The predicted octanol–water partition coefficient (Wildman–Crippen LogP) is 4.84. The molecule has 3 aromatic heterocycles. The number of aromatic carboxylic acids is 1. The number of carboxylic acids is 1. The van der Waals surface area contributed by atoms with Crippen LogP contribution in [0.1, 0.15) is 65.7 Å². The van der Waals surface area contributed by atoms with Crippen molar-refractivity contribution in [1.29, 1.82) is 0 Å². The van der Waals surface area contributed by atoms with Crippen molar-refractivity contribution < 1.29 is 14.7 Å². The molecule has 2 aliphatic heterocycles. The Kier molecular flexibility index (Phi) is 8.01. The summed E-state index contributed by atoms with van der Waals surface area (Å²) < 4.78 is 1.74. The van der Waals surface area contributed by atoms with E-state index in [1.807, 2.05) is 55.6 Å². The largest absolute Gasteiger partial charge is 0.477 e. The predicted molar refractivity (Wildman–Crippen MR) is 166 cm³/mol. The molecule has 10 heteroatoms. The van der Waals surface area contributed by atoms with Gasteiger partial charge in [-0.2, -0.15) is 0 Å². The van der Waals surface area contributed by atoms with Crippen LogP contribution in [0.2, 0.25) is 0 Å². The van der Waals surface area contributed by atoms with E-state index in [1.165, 1.54) is 12.5 Å². The number of hydrogen-bond acceptors (Lipinski definition) is 7. The molecule has 3 aliphatic rings. The number of carboxylic acid groups (broad SMARTS) is 1. The zero-order valence-corrected chi connectivity index (χ0v) is 24.8. The van der Waals surface area contributed by atoms with E-state index < -0.39 is 5.97 Å². The third kappa shape index (κ3) is 6.33. The fraction of sp³-hybridized carbons (Fsp3) is 0.424. The van der Waals surface area contributed by atoms with E-state index in [4.69, 9.17) is 0 Å². The molecule has 10 nitrogen and oxygen atoms in total. The smallest absolute Gasteiger partial charge is 0.354 e. The summed E-state index contributed by atoms with van der Waals surface area (Å²) in [5.41, 5.74) is 3.01. The Bertz CT molecular complexity index is 1580. The molecule has 5 heterocycles. The van der Waals surface area contributed by atoms with E-state index in [9.17, 15) is 14.7 Å². The Hall–Kier alpha value is -4.47. The van der Waals surface area contributed by atoms with Crippen LogP contribution in [-0.2, 0) is 0 Å². The van der Waals surface area contributed by atoms with Crippen LogP contribution >= 0.6 is 0 Å². The van der Waals surface area contributed by atoms with Crippen molar-refractivity contribution in [1.82, 2.24) is 24.9 Å². The molecule has 0 radical (unpaired) electrons. The fourth-order valence-corrected chi connectivity index (χ4v) is 6.75. The van der Waals surface area contributed by atoms with E-state index in [0.717, 1.165) is 63.1 Å². The van der Waals surface area contributed by atoms with Crippen molar-refractivity contribution in [2.24, 2.45) is 11.3 Å². The van der Waals surface area contributed by atoms with Gasteiger partial charge < -0.3 is 20.2 Å². The number of anilines is 2. The standard InChI is InChI=1S/C27H33N7O3.C6H6/c1-17-7-10-32(14-17)20-12-18(2)24-30-23(31-34(24)15-20)25(35)28-19-6-8-27(13-19)9-11-33(16-27)22-5-3-4-21(29-22)26(36)37;1-2-4-6-5-3-1/h3-5,12,15,17,19H,6-11,13-14,16H2,1-2H3,(H,28,35)(H,36,37);1-6H. The summed E-state index contributed by atoms with van der Waals surface area (Å²) in [6.45, 7) is 8.02. The van der Waals surface area contributed by atoms with Crippen LogP contribution in [-0.4, -0.2) is 68.8 Å². The molecule has 1 aromatic carbocycles. The number of aromatic nitrogens is 4. The Morgan fingerprint density at radius 1 is 0.977 bits per heavy atom. The van der Waals surface area contributed by atoms with Crippen molar-refractivity contribution >= 4 is 29.0 Å². The molecule has 1 aliphatic carbocycles. The lowest BCUT2D eigenvalue weighted by molar-refractivity contribution is 0.0690. The number of aryl methyl sites for hydroxylation is 1. The number of fused-ring (bicyclic) bond motifs is 1. The molecule has 224 valence electrons. The van der Waals surface area contributed by atoms with Crippen molar-refractivity contribution in [3.8, 4) is 0 Å². The minimum atomic E-state index is -1.02. The van der Waals surface area contributed by atoms with Gasteiger partial charge in [0.05, 0.1) is 11.9 Å². The summed E-state index contributed by atoms with van der Waals surface area (Å²) in [5.74, 6) is 0.347. The lowest BCUT2D eigenvalue weighted by atomic mass is 9.85. The number of carbonyl (C=O) groups is 2. The molecule has 4 aromatic rings. The molecule has 3 fully saturated rings. The molecular weight excluding hydrogens is 542 g/mol. The summed E-state index contributed by atoms with van der Waals surface area (Å²) >= 11 is 0. The molecule has 43 heavy (non-hydrogen) atoms. The maximum atomic E-state index is 13.1. The SMILES string of the molecule is Cc1cc(N2CCC(C)C2)cn2nc(C(=O)NC3CCC4(CCN(c5cccc(C(=O)O)n5)C4)C3)nc12.c1ccccc1. The summed E-state index contributed by atoms with van der Waals surface area (Å²) in [6, 6.07) is 19.3. The van der Waals surface area contributed by atoms with Crippen molar-refractivity contribution in [2.75, 3.05) is 36.0 Å². The topological polar surface area (TPSA) is 116 Å². The first-order valence-corrected chi connectivity index (χ1v) is 15.2. The monoisotopic (exact) mass is 581 g/mol. The van der Waals surface area contributed by atoms with E-state index in [1.54, 1.807) is 10.6 Å². The summed E-state index contributed by atoms with van der Waals surface area (Å²) in [4.78, 5) is 37.8. The van der Waals surface area contributed by atoms with Gasteiger partial charge in [0.2, 0.25) is 5.82 Å². The second kappa shape index (κ2) is 12.0. The molecular formula is C33H39N7O3. The Morgan fingerprint density at radius 2 is 1.74 bits per heavy atom. The number of pyridine rings is 2. The molecule has 3 unspecified atom stereocenters. The third-order valence-corrected chi connectivity index (χ3v) is 9.02. The second-order valence-corrected chi connectivity index (χ2v) is 12.4.